The number of hydrogen-bond acceptors (Lipinski definition) is 3. The molecule has 3 heteroatoms. The van der Waals surface area contributed by atoms with Crippen molar-refractivity contribution in [3.63, 3.8) is 0 Å². The van der Waals surface area contributed by atoms with Gasteiger partial charge in [0.25, 0.3) is 0 Å². The van der Waals surface area contributed by atoms with Crippen LogP contribution >= 0.6 is 0 Å². The van der Waals surface area contributed by atoms with Crippen molar-refractivity contribution in [2.45, 2.75) is 58.1 Å². The third-order valence-electron chi connectivity index (χ3n) is 4.52. The van der Waals surface area contributed by atoms with Gasteiger partial charge >= 0.3 is 0 Å². The molecule has 0 aliphatic carbocycles. The zero-order chi connectivity index (χ0) is 13.0. The van der Waals surface area contributed by atoms with Crippen molar-refractivity contribution in [2.24, 2.45) is 5.92 Å². The Labute approximate surface area is 112 Å². The number of rotatable bonds is 4. The molecule has 3 nitrogen and oxygen atoms in total. The number of nitrogens with one attached hydrogen (secondary N) is 1. The second-order valence-corrected chi connectivity index (χ2v) is 6.54. The molecule has 2 rings (SSSR count). The van der Waals surface area contributed by atoms with Gasteiger partial charge in [-0.2, -0.15) is 0 Å². The third-order valence-corrected chi connectivity index (χ3v) is 4.52. The van der Waals surface area contributed by atoms with Gasteiger partial charge < -0.3 is 15.0 Å². The van der Waals surface area contributed by atoms with E-state index >= 15 is 0 Å². The maximum atomic E-state index is 5.82. The van der Waals surface area contributed by atoms with Crippen molar-refractivity contribution in [1.29, 1.82) is 0 Å². The second kappa shape index (κ2) is 6.36. The van der Waals surface area contributed by atoms with Crippen LogP contribution in [0, 0.1) is 5.92 Å². The van der Waals surface area contributed by atoms with Gasteiger partial charge in [0.1, 0.15) is 0 Å². The Morgan fingerprint density at radius 2 is 1.94 bits per heavy atom. The standard InChI is InChI=1S/C15H30N2O/c1-4-16-12-13-5-8-17(9-6-13)14-7-10-18-15(2,3)11-14/h13-14,16H,4-12H2,1-3H3. The van der Waals surface area contributed by atoms with Gasteiger partial charge in [-0.05, 0) is 71.6 Å². The zero-order valence-electron chi connectivity index (χ0n) is 12.4. The fraction of sp³-hybridized carbons (Fsp3) is 1.00. The Balaban J connectivity index is 1.75. The smallest absolute Gasteiger partial charge is 0.0641 e. The third kappa shape index (κ3) is 3.94. The molecular formula is C15H30N2O. The predicted octanol–water partition coefficient (Wildman–Crippen LogP) is 2.27. The highest BCUT2D eigenvalue weighted by atomic mass is 16.5. The van der Waals surface area contributed by atoms with Crippen molar-refractivity contribution >= 4 is 0 Å². The van der Waals surface area contributed by atoms with Crippen LogP contribution in [0.3, 0.4) is 0 Å². The van der Waals surface area contributed by atoms with E-state index in [4.69, 9.17) is 4.74 Å². The topological polar surface area (TPSA) is 24.5 Å². The lowest BCUT2D eigenvalue weighted by molar-refractivity contribution is -0.0867. The zero-order valence-corrected chi connectivity index (χ0v) is 12.4. The van der Waals surface area contributed by atoms with Gasteiger partial charge in [-0.15, -0.1) is 0 Å². The first kappa shape index (κ1) is 14.3. The largest absolute Gasteiger partial charge is 0.375 e. The van der Waals surface area contributed by atoms with Gasteiger partial charge in [0.05, 0.1) is 5.60 Å². The minimum Gasteiger partial charge on any atom is -0.375 e. The van der Waals surface area contributed by atoms with Crippen LogP contribution in [0.15, 0.2) is 0 Å². The highest BCUT2D eigenvalue weighted by Crippen LogP contribution is 2.29. The molecule has 2 aliphatic rings. The van der Waals surface area contributed by atoms with Crippen LogP contribution in [0.4, 0.5) is 0 Å². The number of likely N-dealkylation sites (tertiary alicyclic amines) is 1. The molecular weight excluding hydrogens is 224 g/mol. The molecule has 1 unspecified atom stereocenters. The van der Waals surface area contributed by atoms with Crippen LogP contribution in [-0.2, 0) is 4.74 Å². The molecule has 0 aromatic carbocycles. The molecule has 106 valence electrons. The maximum Gasteiger partial charge on any atom is 0.0641 e. The molecule has 0 spiro atoms. The Kier molecular flexibility index (Phi) is 5.05. The van der Waals surface area contributed by atoms with E-state index in [1.54, 1.807) is 0 Å². The highest BCUT2D eigenvalue weighted by Gasteiger charge is 2.33. The Morgan fingerprint density at radius 1 is 1.22 bits per heavy atom. The Hall–Kier alpha value is -0.120. The van der Waals surface area contributed by atoms with E-state index in [0.717, 1.165) is 25.1 Å². The van der Waals surface area contributed by atoms with Crippen molar-refractivity contribution in [3.8, 4) is 0 Å². The van der Waals surface area contributed by atoms with Crippen LogP contribution in [0.5, 0.6) is 0 Å². The second-order valence-electron chi connectivity index (χ2n) is 6.54. The van der Waals surface area contributed by atoms with Crippen molar-refractivity contribution < 1.29 is 4.74 Å². The normalized spacial score (nSPS) is 30.5. The molecule has 0 saturated carbocycles. The Morgan fingerprint density at radius 3 is 2.56 bits per heavy atom. The van der Waals surface area contributed by atoms with Gasteiger partial charge in [-0.3, -0.25) is 0 Å². The molecule has 2 saturated heterocycles. The number of nitrogens with zero attached hydrogens (tertiary/aromatic N) is 1. The minimum atomic E-state index is 0.0868. The molecule has 2 aliphatic heterocycles. The monoisotopic (exact) mass is 254 g/mol. The molecule has 18 heavy (non-hydrogen) atoms. The fourth-order valence-corrected chi connectivity index (χ4v) is 3.38. The average molecular weight is 254 g/mol. The van der Waals surface area contributed by atoms with Crippen LogP contribution in [0.2, 0.25) is 0 Å². The summed E-state index contributed by atoms with van der Waals surface area (Å²) in [5, 5.41) is 3.49. The maximum absolute atomic E-state index is 5.82. The average Bonchev–Trinajstić information content (AvgIpc) is 2.36. The summed E-state index contributed by atoms with van der Waals surface area (Å²) in [5.41, 5.74) is 0.0868. The van der Waals surface area contributed by atoms with E-state index < -0.39 is 0 Å². The summed E-state index contributed by atoms with van der Waals surface area (Å²) in [7, 11) is 0. The SMILES string of the molecule is CCNCC1CCN(C2CCOC(C)(C)C2)CC1. The lowest BCUT2D eigenvalue weighted by Crippen LogP contribution is -2.49. The summed E-state index contributed by atoms with van der Waals surface area (Å²) in [5.74, 6) is 0.897. The molecule has 0 aromatic heterocycles. The van der Waals surface area contributed by atoms with E-state index in [1.807, 2.05) is 0 Å². The van der Waals surface area contributed by atoms with Crippen molar-refractivity contribution in [2.75, 3.05) is 32.8 Å². The van der Waals surface area contributed by atoms with Crippen LogP contribution in [-0.4, -0.2) is 49.3 Å². The first-order valence-electron chi connectivity index (χ1n) is 7.69. The lowest BCUT2D eigenvalue weighted by Gasteiger charge is -2.44. The van der Waals surface area contributed by atoms with Gasteiger partial charge in [-0.1, -0.05) is 6.92 Å². The summed E-state index contributed by atoms with van der Waals surface area (Å²) < 4.78 is 5.82. The molecule has 0 radical (unpaired) electrons. The summed E-state index contributed by atoms with van der Waals surface area (Å²) in [4.78, 5) is 2.71. The van der Waals surface area contributed by atoms with Gasteiger partial charge in [0, 0.05) is 12.6 Å². The van der Waals surface area contributed by atoms with E-state index in [-0.39, 0.29) is 5.60 Å². The van der Waals surface area contributed by atoms with Gasteiger partial charge in [0.15, 0.2) is 0 Å². The Bertz CT molecular complexity index is 247. The number of ether oxygens (including phenoxy) is 1. The van der Waals surface area contributed by atoms with Crippen molar-refractivity contribution in [1.82, 2.24) is 10.2 Å². The molecule has 1 atom stereocenters. The molecule has 1 N–H and O–H groups in total. The first-order valence-corrected chi connectivity index (χ1v) is 7.69. The van der Waals surface area contributed by atoms with Crippen LogP contribution in [0.25, 0.3) is 0 Å². The summed E-state index contributed by atoms with van der Waals surface area (Å²) in [6.07, 6.45) is 5.15. The molecule has 0 aromatic rings. The van der Waals surface area contributed by atoms with Crippen LogP contribution < -0.4 is 5.32 Å². The predicted molar refractivity (Wildman–Crippen MR) is 75.9 cm³/mol. The molecule has 2 fully saturated rings. The molecule has 2 heterocycles. The van der Waals surface area contributed by atoms with E-state index in [9.17, 15) is 0 Å². The van der Waals surface area contributed by atoms with Crippen molar-refractivity contribution in [3.05, 3.63) is 0 Å². The fourth-order valence-electron chi connectivity index (χ4n) is 3.38. The lowest BCUT2D eigenvalue weighted by atomic mass is 9.89. The van der Waals surface area contributed by atoms with E-state index in [0.29, 0.717) is 0 Å². The summed E-state index contributed by atoms with van der Waals surface area (Å²) >= 11 is 0. The minimum absolute atomic E-state index is 0.0868. The van der Waals surface area contributed by atoms with E-state index in [1.165, 1.54) is 45.3 Å². The number of piperidine rings is 1. The van der Waals surface area contributed by atoms with Gasteiger partial charge in [-0.25, -0.2) is 0 Å². The van der Waals surface area contributed by atoms with E-state index in [2.05, 4.69) is 31.0 Å². The van der Waals surface area contributed by atoms with Crippen LogP contribution in [0.1, 0.15) is 46.5 Å². The first-order chi connectivity index (χ1) is 8.61. The van der Waals surface area contributed by atoms with Gasteiger partial charge in [0.2, 0.25) is 0 Å². The summed E-state index contributed by atoms with van der Waals surface area (Å²) in [6.45, 7) is 12.5. The highest BCUT2D eigenvalue weighted by molar-refractivity contribution is 4.87. The number of hydrogen-bond donors (Lipinski definition) is 1. The molecule has 0 bridgehead atoms. The molecule has 0 amide bonds. The summed E-state index contributed by atoms with van der Waals surface area (Å²) in [6, 6.07) is 0.758. The quantitative estimate of drug-likeness (QED) is 0.833.